The first-order valence-electron chi connectivity index (χ1n) is 8.31. The third-order valence-corrected chi connectivity index (χ3v) is 4.43. The van der Waals surface area contributed by atoms with Crippen molar-refractivity contribution in [2.75, 3.05) is 0 Å². The normalized spacial score (nSPS) is 9.85. The molecular formula is C22H19F2NS. The van der Waals surface area contributed by atoms with Crippen LogP contribution in [0.3, 0.4) is 0 Å². The molecule has 0 heterocycles. The molecule has 0 N–H and O–H groups in total. The van der Waals surface area contributed by atoms with Gasteiger partial charge >= 0.3 is 0 Å². The highest BCUT2D eigenvalue weighted by atomic mass is 32.2. The summed E-state index contributed by atoms with van der Waals surface area (Å²) < 4.78 is 27.9. The maximum absolute atomic E-state index is 14.0. The van der Waals surface area contributed by atoms with Crippen LogP contribution in [-0.4, -0.2) is 0 Å². The summed E-state index contributed by atoms with van der Waals surface area (Å²) in [6.45, 7) is 6.03. The first-order chi connectivity index (χ1) is 12.6. The molecule has 26 heavy (non-hydrogen) atoms. The molecule has 0 atom stereocenters. The molecule has 3 rings (SSSR count). The lowest BCUT2D eigenvalue weighted by molar-refractivity contribution is 0.542. The fourth-order valence-electron chi connectivity index (χ4n) is 2.47. The van der Waals surface area contributed by atoms with Crippen LogP contribution in [0.5, 0.6) is 0 Å². The Labute approximate surface area is 157 Å². The van der Waals surface area contributed by atoms with Gasteiger partial charge in [-0.3, -0.25) is 0 Å². The van der Waals surface area contributed by atoms with Crippen LogP contribution < -0.4 is 0 Å². The molecule has 0 radical (unpaired) electrons. The number of benzene rings is 3. The molecule has 0 fully saturated rings. The molecule has 0 aromatic heterocycles. The lowest BCUT2D eigenvalue weighted by Crippen LogP contribution is -1.90. The average Bonchev–Trinajstić information content (AvgIpc) is 2.67. The fourth-order valence-corrected chi connectivity index (χ4v) is 2.87. The van der Waals surface area contributed by atoms with E-state index in [1.54, 1.807) is 5.40 Å². The van der Waals surface area contributed by atoms with E-state index in [2.05, 4.69) is 0 Å². The zero-order valence-corrected chi connectivity index (χ0v) is 15.7. The molecule has 0 bridgehead atoms. The number of nitrogens with zero attached hydrogens (tertiary/aromatic N) is 1. The Morgan fingerprint density at radius 2 is 1.12 bits per heavy atom. The zero-order chi connectivity index (χ0) is 19.1. The fraction of sp³-hybridized carbons (Fsp3) is 0.136. The Bertz CT molecular complexity index is 887. The Balaban J connectivity index is 0.00000117. The summed E-state index contributed by atoms with van der Waals surface area (Å²) in [7, 11) is 0. The SMILES string of the molecule is CC.Cc1ccc(-c2ccc(-c3cc(F)c(SC#N)c(F)c3)cc2)cc1. The number of halogens is 2. The van der Waals surface area contributed by atoms with Crippen LogP contribution in [0.2, 0.25) is 0 Å². The van der Waals surface area contributed by atoms with Gasteiger partial charge in [-0.2, -0.15) is 5.26 Å². The van der Waals surface area contributed by atoms with Crippen molar-refractivity contribution in [1.82, 2.24) is 0 Å². The minimum atomic E-state index is -0.723. The van der Waals surface area contributed by atoms with Crippen LogP contribution in [0.4, 0.5) is 8.78 Å². The number of thiocyanates is 1. The van der Waals surface area contributed by atoms with Gasteiger partial charge in [0.15, 0.2) is 0 Å². The van der Waals surface area contributed by atoms with E-state index in [0.717, 1.165) is 16.7 Å². The van der Waals surface area contributed by atoms with Crippen molar-refractivity contribution in [2.45, 2.75) is 25.7 Å². The van der Waals surface area contributed by atoms with Gasteiger partial charge in [-0.15, -0.1) is 0 Å². The Kier molecular flexibility index (Phi) is 6.94. The van der Waals surface area contributed by atoms with E-state index in [0.29, 0.717) is 17.3 Å². The minimum Gasteiger partial charge on any atom is -0.206 e. The van der Waals surface area contributed by atoms with Crippen molar-refractivity contribution >= 4 is 11.8 Å². The van der Waals surface area contributed by atoms with Crippen molar-refractivity contribution < 1.29 is 8.78 Å². The van der Waals surface area contributed by atoms with E-state index in [9.17, 15) is 8.78 Å². The topological polar surface area (TPSA) is 23.8 Å². The van der Waals surface area contributed by atoms with Crippen LogP contribution in [-0.2, 0) is 0 Å². The second-order valence-corrected chi connectivity index (χ2v) is 6.20. The van der Waals surface area contributed by atoms with Crippen LogP contribution in [0.25, 0.3) is 22.3 Å². The first-order valence-corrected chi connectivity index (χ1v) is 9.12. The predicted molar refractivity (Wildman–Crippen MR) is 105 cm³/mol. The summed E-state index contributed by atoms with van der Waals surface area (Å²) in [5.74, 6) is -1.45. The summed E-state index contributed by atoms with van der Waals surface area (Å²) in [6, 6.07) is 18.2. The van der Waals surface area contributed by atoms with Gasteiger partial charge in [0, 0.05) is 0 Å². The molecule has 1 nitrogen and oxygen atoms in total. The summed E-state index contributed by atoms with van der Waals surface area (Å²) in [4.78, 5) is -0.266. The van der Waals surface area contributed by atoms with Gasteiger partial charge in [0.2, 0.25) is 0 Å². The summed E-state index contributed by atoms with van der Waals surface area (Å²) >= 11 is 0.489. The number of aryl methyl sites for hydroxylation is 1. The van der Waals surface area contributed by atoms with Gasteiger partial charge in [0.05, 0.1) is 4.90 Å². The Morgan fingerprint density at radius 3 is 1.54 bits per heavy atom. The molecule has 0 aliphatic rings. The Hall–Kier alpha value is -2.64. The largest absolute Gasteiger partial charge is 0.206 e. The van der Waals surface area contributed by atoms with Crippen LogP contribution in [0, 0.1) is 29.2 Å². The number of hydrogen-bond donors (Lipinski definition) is 0. The van der Waals surface area contributed by atoms with Gasteiger partial charge in [0.25, 0.3) is 0 Å². The molecular weight excluding hydrogens is 348 g/mol. The lowest BCUT2D eigenvalue weighted by atomic mass is 9.99. The lowest BCUT2D eigenvalue weighted by Gasteiger charge is -2.07. The van der Waals surface area contributed by atoms with Gasteiger partial charge in [-0.05, 0) is 53.1 Å². The Morgan fingerprint density at radius 1 is 0.731 bits per heavy atom. The van der Waals surface area contributed by atoms with Crippen LogP contribution in [0.1, 0.15) is 19.4 Å². The molecule has 0 saturated heterocycles. The van der Waals surface area contributed by atoms with E-state index in [1.807, 2.05) is 69.3 Å². The van der Waals surface area contributed by atoms with Gasteiger partial charge in [-0.25, -0.2) is 8.78 Å². The predicted octanol–water partition coefficient (Wildman–Crippen LogP) is 7.21. The smallest absolute Gasteiger partial charge is 0.141 e. The number of rotatable bonds is 3. The molecule has 4 heteroatoms. The molecule has 0 unspecified atom stereocenters. The molecule has 132 valence electrons. The minimum absolute atomic E-state index is 0.266. The molecule has 3 aromatic rings. The van der Waals surface area contributed by atoms with Crippen molar-refractivity contribution in [3.8, 4) is 27.7 Å². The highest BCUT2D eigenvalue weighted by molar-refractivity contribution is 8.03. The monoisotopic (exact) mass is 367 g/mol. The summed E-state index contributed by atoms with van der Waals surface area (Å²) in [5.41, 5.74) is 4.48. The van der Waals surface area contributed by atoms with E-state index in [4.69, 9.17) is 5.26 Å². The zero-order valence-electron chi connectivity index (χ0n) is 14.9. The van der Waals surface area contributed by atoms with Crippen molar-refractivity contribution in [2.24, 2.45) is 0 Å². The number of thioether (sulfide) groups is 1. The van der Waals surface area contributed by atoms with Gasteiger partial charge < -0.3 is 0 Å². The third-order valence-electron chi connectivity index (χ3n) is 3.75. The first kappa shape index (κ1) is 19.7. The van der Waals surface area contributed by atoms with Crippen LogP contribution >= 0.6 is 11.8 Å². The molecule has 0 saturated carbocycles. The van der Waals surface area contributed by atoms with E-state index < -0.39 is 11.6 Å². The standard InChI is InChI=1S/C20H13F2NS.C2H6/c1-13-2-4-14(5-3-13)15-6-8-16(9-7-15)17-10-18(21)20(24-12-23)19(22)11-17;1-2/h2-11H,1H3;1-2H3. The second-order valence-electron chi connectivity index (χ2n) is 5.41. The maximum Gasteiger partial charge on any atom is 0.141 e. The van der Waals surface area contributed by atoms with E-state index in [-0.39, 0.29) is 4.90 Å². The van der Waals surface area contributed by atoms with Crippen molar-refractivity contribution in [3.63, 3.8) is 0 Å². The molecule has 0 aliphatic heterocycles. The maximum atomic E-state index is 14.0. The van der Waals surface area contributed by atoms with Gasteiger partial charge in [-0.1, -0.05) is 67.9 Å². The van der Waals surface area contributed by atoms with Crippen molar-refractivity contribution in [3.05, 3.63) is 77.9 Å². The van der Waals surface area contributed by atoms with E-state index in [1.165, 1.54) is 17.7 Å². The second kappa shape index (κ2) is 9.17. The van der Waals surface area contributed by atoms with E-state index >= 15 is 0 Å². The number of nitriles is 1. The third kappa shape index (κ3) is 4.50. The van der Waals surface area contributed by atoms with Gasteiger partial charge in [0.1, 0.15) is 17.0 Å². The quantitative estimate of drug-likeness (QED) is 0.361. The molecule has 0 spiro atoms. The highest BCUT2D eigenvalue weighted by Gasteiger charge is 2.13. The number of hydrogen-bond acceptors (Lipinski definition) is 2. The van der Waals surface area contributed by atoms with Crippen LogP contribution in [0.15, 0.2) is 65.6 Å². The van der Waals surface area contributed by atoms with Crippen molar-refractivity contribution in [1.29, 1.82) is 5.26 Å². The molecule has 0 aliphatic carbocycles. The highest BCUT2D eigenvalue weighted by Crippen LogP contribution is 2.31. The summed E-state index contributed by atoms with van der Waals surface area (Å²) in [6.07, 6.45) is 0. The average molecular weight is 367 g/mol. The summed E-state index contributed by atoms with van der Waals surface area (Å²) in [5, 5.41) is 10.3. The molecule has 3 aromatic carbocycles. The molecule has 0 amide bonds.